The fraction of sp³-hybridized carbons (Fsp3) is 0.223. The number of hydrogen-bond donors (Lipinski definition) is 0. The lowest BCUT2D eigenvalue weighted by atomic mass is 9.73. The number of nitrogens with zero attached hydrogens (tertiary/aromatic N) is 4. The Kier molecular flexibility index (Phi) is 18.3. The topological polar surface area (TPSA) is 14.7 Å². The first kappa shape index (κ1) is 74.9. The molecule has 2 aliphatic carbocycles. The van der Waals surface area contributed by atoms with Crippen LogP contribution >= 0.6 is 92.4 Å². The Balaban J connectivity index is 0.868. The molecule has 5 aliphatic rings. The van der Waals surface area contributed by atoms with Crippen molar-refractivity contribution in [2.75, 3.05) is 14.7 Å². The van der Waals surface area contributed by atoms with Gasteiger partial charge in [0.25, 0.3) is 0 Å². The minimum Gasteiger partial charge on any atom is -0.331 e. The molecule has 2 unspecified atom stereocenters. The standard InChI is InChI=1S/C103H92N4S8/c1-53-55(3)63(11)89-87(61(53)9)108-95-83(104(70-37-22-19-23-38-70)71-39-24-20-25-40-71)96-98(111-90-64(12)56(4)54(2)62(10)88(90)109-96)84(97(95)110-89)105(72-41-26-21-27-42-72)73-43-34-36-69(52-73)74-45-35-51-81-82(74)75-44-28-31-48-78(75)106(81)85-99-101(114-93-67(15)59(7)57(5)65(13)91(93)112-99)86(102-100(85)113-92-66(14)58(6)60(8)68(16)94(92)115-102)107-79-49-32-29-46-76(79)103(17,18)77-47-30-33-50-80(77)107/h19-27,29-30,32-52,85,99H,28,31H2,1-18H3. The average molecular weight is 1640 g/mol. The van der Waals surface area contributed by atoms with Crippen LogP contribution in [0.3, 0.4) is 0 Å². The van der Waals surface area contributed by atoms with Crippen molar-refractivity contribution in [3.8, 4) is 11.1 Å². The molecule has 0 saturated heterocycles. The summed E-state index contributed by atoms with van der Waals surface area (Å²) in [5, 5.41) is 3.98. The van der Waals surface area contributed by atoms with Gasteiger partial charge in [-0.3, -0.25) is 0 Å². The summed E-state index contributed by atoms with van der Waals surface area (Å²) in [7, 11) is 0. The molecular formula is C103H92N4S8. The molecule has 3 aliphatic heterocycles. The molecule has 0 bridgehead atoms. The Morgan fingerprint density at radius 1 is 0.357 bits per heavy atom. The monoisotopic (exact) mass is 1640 g/mol. The Hall–Kier alpha value is -8.92. The van der Waals surface area contributed by atoms with Gasteiger partial charge >= 0.3 is 0 Å². The summed E-state index contributed by atoms with van der Waals surface area (Å²) in [6.07, 6.45) is 7.16. The molecule has 0 amide bonds. The van der Waals surface area contributed by atoms with Gasteiger partial charge in [-0.15, -0.1) is 57.1 Å². The number of anilines is 8. The fourth-order valence-corrected chi connectivity index (χ4v) is 31.6. The van der Waals surface area contributed by atoms with Crippen LogP contribution in [0.2, 0.25) is 0 Å². The van der Waals surface area contributed by atoms with E-state index in [1.54, 1.807) is 0 Å². The van der Waals surface area contributed by atoms with E-state index in [1.807, 2.05) is 45.3 Å². The molecule has 6 heterocycles. The van der Waals surface area contributed by atoms with E-state index in [2.05, 4.69) is 385 Å². The third kappa shape index (κ3) is 11.2. The molecule has 0 radical (unpaired) electrons. The molecule has 4 nitrogen and oxygen atoms in total. The first-order chi connectivity index (χ1) is 55.5. The largest absolute Gasteiger partial charge is 0.331 e. The Morgan fingerprint density at radius 3 is 1.23 bits per heavy atom. The first-order valence-electron chi connectivity index (χ1n) is 40.3. The molecule has 0 N–H and O–H groups in total. The van der Waals surface area contributed by atoms with Crippen LogP contribution in [0.5, 0.6) is 0 Å². The number of aromatic nitrogens is 1. The van der Waals surface area contributed by atoms with Crippen molar-refractivity contribution in [2.24, 2.45) is 0 Å². The van der Waals surface area contributed by atoms with Crippen molar-refractivity contribution >= 4 is 199 Å². The zero-order chi connectivity index (χ0) is 79.4. The molecular weight excluding hydrogens is 1550 g/mol. The second-order valence-corrected chi connectivity index (χ2v) is 41.2. The lowest BCUT2D eigenvalue weighted by Crippen LogP contribution is -2.42. The van der Waals surface area contributed by atoms with Gasteiger partial charge in [-0.2, -0.15) is 0 Å². The molecule has 115 heavy (non-hydrogen) atoms. The first-order valence-corrected chi connectivity index (χ1v) is 46.9. The predicted octanol–water partition coefficient (Wildman–Crippen LogP) is 31.1. The van der Waals surface area contributed by atoms with Crippen LogP contribution in [0.25, 0.3) is 71.8 Å². The second kappa shape index (κ2) is 28.2. The molecule has 0 fully saturated rings. The van der Waals surface area contributed by atoms with Gasteiger partial charge in [0.15, 0.2) is 0 Å². The minimum atomic E-state index is -0.231. The molecule has 12 heteroatoms. The van der Waals surface area contributed by atoms with Gasteiger partial charge in [-0.05, 0) is 302 Å². The van der Waals surface area contributed by atoms with E-state index >= 15 is 0 Å². The third-order valence-electron chi connectivity index (χ3n) is 26.8. The summed E-state index contributed by atoms with van der Waals surface area (Å²) in [6, 6.07) is 69.3. The quantitative estimate of drug-likeness (QED) is 0.104. The summed E-state index contributed by atoms with van der Waals surface area (Å²) in [6.45, 7) is 42.7. The lowest BCUT2D eigenvalue weighted by molar-refractivity contribution is 0.600. The van der Waals surface area contributed by atoms with Gasteiger partial charge in [0.2, 0.25) is 0 Å². The zero-order valence-corrected chi connectivity index (χ0v) is 75.1. The van der Waals surface area contributed by atoms with Crippen molar-refractivity contribution in [2.45, 2.75) is 174 Å². The zero-order valence-electron chi connectivity index (χ0n) is 68.6. The number of allylic oxidation sites excluding steroid dienone is 1. The van der Waals surface area contributed by atoms with E-state index < -0.39 is 0 Å². The normalized spacial score (nSPS) is 16.0. The van der Waals surface area contributed by atoms with Gasteiger partial charge in [0.1, 0.15) is 0 Å². The molecule has 572 valence electrons. The van der Waals surface area contributed by atoms with Crippen LogP contribution in [-0.2, 0) is 5.41 Å². The van der Waals surface area contributed by atoms with Gasteiger partial charge in [0, 0.05) is 97.2 Å². The summed E-state index contributed by atoms with van der Waals surface area (Å²) in [4.78, 5) is 17.9. The molecule has 0 spiro atoms. The summed E-state index contributed by atoms with van der Waals surface area (Å²) < 4.78 is 13.3. The molecule has 2 atom stereocenters. The van der Waals surface area contributed by atoms with Crippen LogP contribution in [0.1, 0.15) is 133 Å². The smallest absolute Gasteiger partial charge is 0.0838 e. The van der Waals surface area contributed by atoms with E-state index in [0.717, 1.165) is 35.6 Å². The van der Waals surface area contributed by atoms with Crippen molar-refractivity contribution in [1.82, 2.24) is 4.57 Å². The van der Waals surface area contributed by atoms with E-state index in [1.165, 1.54) is 233 Å². The molecule has 20 rings (SSSR count). The van der Waals surface area contributed by atoms with E-state index in [-0.39, 0.29) is 16.7 Å². The highest BCUT2D eigenvalue weighted by molar-refractivity contribution is 8.11. The highest BCUT2D eigenvalue weighted by Crippen LogP contribution is 2.69. The Labute approximate surface area is 709 Å². The average Bonchev–Trinajstić information content (AvgIpc) is 1.60. The summed E-state index contributed by atoms with van der Waals surface area (Å²) in [5.41, 5.74) is 39.0. The maximum absolute atomic E-state index is 2.89. The van der Waals surface area contributed by atoms with Crippen LogP contribution in [-0.4, -0.2) is 9.82 Å². The van der Waals surface area contributed by atoms with Gasteiger partial charge in [0.05, 0.1) is 64.1 Å². The molecule has 0 saturated carbocycles. The number of rotatable bonds is 9. The SMILES string of the molecule is Cc1c(C)c(C)c2c(c1C)SC1=C(S2)C(n2c3c(c4c(-c5cccc(N(c6ccccc6)c6c7sc8c(C)c(C)c(C)c(C)c8sc7c(N(c7ccccc7)c7ccccc7)c7sc8c(C)c(C)c(C)c(C)c8sc67)c5)cccc42)=CCCC=3)C2Sc3c(C)c(C)c(C)c(C)c3SC2=C1N1c2ccccc2C(C)(C)c2ccccc21. The van der Waals surface area contributed by atoms with Crippen molar-refractivity contribution in [1.29, 1.82) is 0 Å². The number of thioether (sulfide) groups is 4. The van der Waals surface area contributed by atoms with Crippen LogP contribution < -0.4 is 25.3 Å². The Morgan fingerprint density at radius 2 is 0.748 bits per heavy atom. The minimum absolute atomic E-state index is 0.00672. The fourth-order valence-electron chi connectivity index (χ4n) is 19.0. The van der Waals surface area contributed by atoms with Crippen LogP contribution in [0, 0.1) is 111 Å². The van der Waals surface area contributed by atoms with Crippen molar-refractivity contribution in [3.05, 3.63) is 313 Å². The molecule has 15 aromatic rings. The highest BCUT2D eigenvalue weighted by Gasteiger charge is 2.50. The Bertz CT molecular complexity index is 6820. The van der Waals surface area contributed by atoms with Gasteiger partial charge < -0.3 is 19.3 Å². The second-order valence-electron chi connectivity index (χ2n) is 32.8. The van der Waals surface area contributed by atoms with E-state index in [0.29, 0.717) is 0 Å². The number of fused-ring (bicyclic) bond motifs is 12. The number of benzene rings is 12. The summed E-state index contributed by atoms with van der Waals surface area (Å²) in [5.74, 6) is 0. The highest BCUT2D eigenvalue weighted by atomic mass is 32.2. The summed E-state index contributed by atoms with van der Waals surface area (Å²) >= 11 is 16.3. The number of para-hydroxylation sites is 5. The van der Waals surface area contributed by atoms with Crippen LogP contribution in [0.15, 0.2) is 222 Å². The maximum Gasteiger partial charge on any atom is 0.0838 e. The lowest BCUT2D eigenvalue weighted by Gasteiger charge is -2.49. The van der Waals surface area contributed by atoms with E-state index in [4.69, 9.17) is 0 Å². The number of aryl methyl sites for hydroxylation is 4. The van der Waals surface area contributed by atoms with Gasteiger partial charge in [-0.1, -0.05) is 177 Å². The predicted molar refractivity (Wildman–Crippen MR) is 509 cm³/mol. The number of hydrogen-bond acceptors (Lipinski definition) is 11. The van der Waals surface area contributed by atoms with Crippen molar-refractivity contribution < 1.29 is 0 Å². The van der Waals surface area contributed by atoms with Gasteiger partial charge in [-0.25, -0.2) is 0 Å². The molecule has 12 aromatic carbocycles. The molecule has 3 aromatic heterocycles. The van der Waals surface area contributed by atoms with Crippen LogP contribution in [0.4, 0.5) is 45.5 Å². The maximum atomic E-state index is 2.89. The third-order valence-corrected chi connectivity index (χ3v) is 38.7. The van der Waals surface area contributed by atoms with E-state index in [9.17, 15) is 0 Å². The van der Waals surface area contributed by atoms with Crippen molar-refractivity contribution in [3.63, 3.8) is 0 Å².